The van der Waals surface area contributed by atoms with E-state index in [-0.39, 0.29) is 12.6 Å². The van der Waals surface area contributed by atoms with E-state index in [9.17, 15) is 5.11 Å². The van der Waals surface area contributed by atoms with E-state index in [1.165, 1.54) is 0 Å². The average Bonchev–Trinajstić information content (AvgIpc) is 2.29. The first-order chi connectivity index (χ1) is 7.99. The van der Waals surface area contributed by atoms with Crippen molar-refractivity contribution in [2.45, 2.75) is 26.8 Å². The maximum absolute atomic E-state index is 9.31. The lowest BCUT2D eigenvalue weighted by atomic mass is 10.0. The lowest BCUT2D eigenvalue weighted by molar-refractivity contribution is 0.249. The second-order valence-electron chi connectivity index (χ2n) is 4.48. The topological polar surface area (TPSA) is 41.5 Å². The summed E-state index contributed by atoms with van der Waals surface area (Å²) in [4.78, 5) is 0. The predicted molar refractivity (Wildman–Crippen MR) is 72.1 cm³/mol. The molecule has 0 aliphatic heterocycles. The molecular formula is C13H20ClNO2. The maximum atomic E-state index is 9.31. The molecule has 0 spiro atoms. The van der Waals surface area contributed by atoms with Gasteiger partial charge in [0, 0.05) is 5.02 Å². The second-order valence-corrected chi connectivity index (χ2v) is 4.89. The minimum Gasteiger partial charge on any atom is -0.495 e. The van der Waals surface area contributed by atoms with Gasteiger partial charge < -0.3 is 15.2 Å². The first-order valence-electron chi connectivity index (χ1n) is 5.71. The van der Waals surface area contributed by atoms with Gasteiger partial charge in [-0.3, -0.25) is 0 Å². The molecule has 0 aromatic heterocycles. The molecular weight excluding hydrogens is 238 g/mol. The van der Waals surface area contributed by atoms with Gasteiger partial charge in [-0.2, -0.15) is 0 Å². The monoisotopic (exact) mass is 257 g/mol. The molecule has 0 aliphatic rings. The number of halogens is 1. The fourth-order valence-electron chi connectivity index (χ4n) is 1.56. The Morgan fingerprint density at radius 2 is 2.06 bits per heavy atom. The molecule has 4 heteroatoms. The average molecular weight is 258 g/mol. The van der Waals surface area contributed by atoms with Crippen LogP contribution >= 0.6 is 11.6 Å². The van der Waals surface area contributed by atoms with Crippen LogP contribution in [0.25, 0.3) is 0 Å². The zero-order chi connectivity index (χ0) is 13.0. The first-order valence-corrected chi connectivity index (χ1v) is 6.09. The van der Waals surface area contributed by atoms with Gasteiger partial charge in [0.15, 0.2) is 0 Å². The Morgan fingerprint density at radius 3 is 2.53 bits per heavy atom. The van der Waals surface area contributed by atoms with E-state index in [0.29, 0.717) is 10.9 Å². The molecule has 0 saturated heterocycles. The number of hydrogen-bond donors (Lipinski definition) is 2. The summed E-state index contributed by atoms with van der Waals surface area (Å²) < 4.78 is 5.30. The smallest absolute Gasteiger partial charge is 0.142 e. The van der Waals surface area contributed by atoms with Crippen molar-refractivity contribution >= 4 is 17.3 Å². The van der Waals surface area contributed by atoms with Crippen molar-refractivity contribution < 1.29 is 9.84 Å². The Bertz CT molecular complexity index is 380. The fraction of sp³-hybridized carbons (Fsp3) is 0.538. The van der Waals surface area contributed by atoms with Crippen molar-refractivity contribution in [2.75, 3.05) is 19.0 Å². The quantitative estimate of drug-likeness (QED) is 0.852. The molecule has 1 unspecified atom stereocenters. The van der Waals surface area contributed by atoms with Gasteiger partial charge in [0.2, 0.25) is 0 Å². The number of nitrogens with one attached hydrogen (secondary N) is 1. The molecule has 0 saturated carbocycles. The Labute approximate surface area is 108 Å². The third kappa shape index (κ3) is 3.51. The predicted octanol–water partition coefficient (Wildman–Crippen LogP) is 3.09. The molecule has 17 heavy (non-hydrogen) atoms. The Balaban J connectivity index is 3.00. The third-order valence-electron chi connectivity index (χ3n) is 2.82. The molecule has 0 aliphatic carbocycles. The number of methoxy groups -OCH3 is 1. The molecule has 0 bridgehead atoms. The van der Waals surface area contributed by atoms with Crippen LogP contribution in [0.1, 0.15) is 19.4 Å². The highest BCUT2D eigenvalue weighted by Gasteiger charge is 2.15. The standard InChI is InChI=1S/C13H20ClNO2/c1-8(2)12(7-16)15-11-6-10(14)9(3)5-13(11)17-4/h5-6,8,12,15-16H,7H2,1-4H3. The van der Waals surface area contributed by atoms with Gasteiger partial charge in [0.1, 0.15) is 5.75 Å². The first kappa shape index (κ1) is 14.1. The minimum absolute atomic E-state index is 0.0114. The van der Waals surface area contributed by atoms with Gasteiger partial charge in [-0.25, -0.2) is 0 Å². The normalized spacial score (nSPS) is 12.6. The Hall–Kier alpha value is -0.930. The van der Waals surface area contributed by atoms with E-state index in [4.69, 9.17) is 16.3 Å². The summed E-state index contributed by atoms with van der Waals surface area (Å²) in [7, 11) is 1.62. The van der Waals surface area contributed by atoms with E-state index in [1.54, 1.807) is 7.11 Å². The molecule has 0 radical (unpaired) electrons. The summed E-state index contributed by atoms with van der Waals surface area (Å²) in [6.07, 6.45) is 0. The van der Waals surface area contributed by atoms with Crippen LogP contribution in [0.15, 0.2) is 12.1 Å². The number of aryl methyl sites for hydroxylation is 1. The molecule has 0 fully saturated rings. The van der Waals surface area contributed by atoms with E-state index in [2.05, 4.69) is 19.2 Å². The van der Waals surface area contributed by atoms with E-state index in [1.807, 2.05) is 19.1 Å². The van der Waals surface area contributed by atoms with Crippen molar-refractivity contribution in [3.8, 4) is 5.75 Å². The van der Waals surface area contributed by atoms with E-state index in [0.717, 1.165) is 17.0 Å². The molecule has 2 N–H and O–H groups in total. The molecule has 1 aromatic rings. The minimum atomic E-state index is -0.0114. The number of rotatable bonds is 5. The molecule has 0 amide bonds. The molecule has 3 nitrogen and oxygen atoms in total. The van der Waals surface area contributed by atoms with Gasteiger partial charge in [-0.05, 0) is 30.5 Å². The van der Waals surface area contributed by atoms with Crippen LogP contribution in [-0.4, -0.2) is 24.9 Å². The largest absolute Gasteiger partial charge is 0.495 e. The van der Waals surface area contributed by atoms with E-state index < -0.39 is 0 Å². The van der Waals surface area contributed by atoms with Crippen molar-refractivity contribution in [1.29, 1.82) is 0 Å². The molecule has 1 aromatic carbocycles. The summed E-state index contributed by atoms with van der Waals surface area (Å²) in [6.45, 7) is 6.11. The van der Waals surface area contributed by atoms with Gasteiger partial charge in [0.25, 0.3) is 0 Å². The van der Waals surface area contributed by atoms with Crippen LogP contribution in [0.2, 0.25) is 5.02 Å². The molecule has 1 rings (SSSR count). The number of hydrogen-bond acceptors (Lipinski definition) is 3. The SMILES string of the molecule is COc1cc(C)c(Cl)cc1NC(CO)C(C)C. The van der Waals surface area contributed by atoms with Crippen LogP contribution in [0, 0.1) is 12.8 Å². The summed E-state index contributed by atoms with van der Waals surface area (Å²) in [5.74, 6) is 1.07. The lowest BCUT2D eigenvalue weighted by Gasteiger charge is -2.23. The fourth-order valence-corrected chi connectivity index (χ4v) is 1.72. The van der Waals surface area contributed by atoms with Gasteiger partial charge in [-0.15, -0.1) is 0 Å². The second kappa shape index (κ2) is 6.12. The molecule has 1 atom stereocenters. The summed E-state index contributed by atoms with van der Waals surface area (Å²) >= 11 is 6.09. The Kier molecular flexibility index (Phi) is 5.09. The zero-order valence-electron chi connectivity index (χ0n) is 10.7. The lowest BCUT2D eigenvalue weighted by Crippen LogP contribution is -2.29. The number of aliphatic hydroxyl groups excluding tert-OH is 1. The number of benzene rings is 1. The maximum Gasteiger partial charge on any atom is 0.142 e. The Morgan fingerprint density at radius 1 is 1.41 bits per heavy atom. The van der Waals surface area contributed by atoms with Crippen LogP contribution in [0.3, 0.4) is 0 Å². The van der Waals surface area contributed by atoms with Gasteiger partial charge in [0.05, 0.1) is 25.4 Å². The highest BCUT2D eigenvalue weighted by Crippen LogP contribution is 2.31. The van der Waals surface area contributed by atoms with Gasteiger partial charge >= 0.3 is 0 Å². The van der Waals surface area contributed by atoms with E-state index >= 15 is 0 Å². The highest BCUT2D eigenvalue weighted by molar-refractivity contribution is 6.31. The van der Waals surface area contributed by atoms with Crippen LogP contribution in [-0.2, 0) is 0 Å². The van der Waals surface area contributed by atoms with Crippen LogP contribution in [0.5, 0.6) is 5.75 Å². The highest BCUT2D eigenvalue weighted by atomic mass is 35.5. The molecule has 0 heterocycles. The van der Waals surface area contributed by atoms with Gasteiger partial charge in [-0.1, -0.05) is 25.4 Å². The number of aliphatic hydroxyl groups is 1. The number of anilines is 1. The van der Waals surface area contributed by atoms with Crippen molar-refractivity contribution in [2.24, 2.45) is 5.92 Å². The molecule has 96 valence electrons. The summed E-state index contributed by atoms with van der Waals surface area (Å²) in [5, 5.41) is 13.3. The zero-order valence-corrected chi connectivity index (χ0v) is 11.5. The van der Waals surface area contributed by atoms with Crippen molar-refractivity contribution in [3.05, 3.63) is 22.7 Å². The van der Waals surface area contributed by atoms with Crippen molar-refractivity contribution in [1.82, 2.24) is 0 Å². The van der Waals surface area contributed by atoms with Crippen LogP contribution < -0.4 is 10.1 Å². The summed E-state index contributed by atoms with van der Waals surface area (Å²) in [6, 6.07) is 3.71. The number of ether oxygens (including phenoxy) is 1. The third-order valence-corrected chi connectivity index (χ3v) is 3.23. The van der Waals surface area contributed by atoms with Crippen molar-refractivity contribution in [3.63, 3.8) is 0 Å². The van der Waals surface area contributed by atoms with Crippen LogP contribution in [0.4, 0.5) is 5.69 Å². The summed E-state index contributed by atoms with van der Waals surface area (Å²) in [5.41, 5.74) is 1.79.